The van der Waals surface area contributed by atoms with Crippen molar-refractivity contribution in [2.75, 3.05) is 23.0 Å². The first-order chi connectivity index (χ1) is 33.2. The van der Waals surface area contributed by atoms with Crippen molar-refractivity contribution in [1.82, 2.24) is 0 Å². The molecule has 0 radical (unpaired) electrons. The van der Waals surface area contributed by atoms with Gasteiger partial charge >= 0.3 is 0 Å². The number of aryl methyl sites for hydroxylation is 1. The van der Waals surface area contributed by atoms with E-state index in [2.05, 4.69) is 189 Å². The van der Waals surface area contributed by atoms with Gasteiger partial charge in [-0.1, -0.05) is 112 Å². The number of hydrogen-bond acceptors (Lipinski definition) is 6. The highest BCUT2D eigenvalue weighted by Gasteiger charge is 2.45. The van der Waals surface area contributed by atoms with E-state index in [1.165, 1.54) is 27.5 Å². The lowest BCUT2D eigenvalue weighted by Gasteiger charge is -2.45. The van der Waals surface area contributed by atoms with Gasteiger partial charge < -0.3 is 28.1 Å². The lowest BCUT2D eigenvalue weighted by molar-refractivity contribution is 0.172. The van der Waals surface area contributed by atoms with Gasteiger partial charge in [-0.05, 0) is 147 Å². The molecule has 3 aliphatic heterocycles. The van der Waals surface area contributed by atoms with Gasteiger partial charge in [0.1, 0.15) is 35.5 Å². The average molecular weight is 881 g/mol. The predicted octanol–water partition coefficient (Wildman–Crippen LogP) is 14.3. The molecule has 0 aliphatic carbocycles. The van der Waals surface area contributed by atoms with Gasteiger partial charge in [-0.2, -0.15) is 0 Å². The van der Waals surface area contributed by atoms with Crippen LogP contribution in [0.2, 0.25) is 0 Å². The van der Waals surface area contributed by atoms with E-state index in [-0.39, 0.29) is 12.1 Å². The summed E-state index contributed by atoms with van der Waals surface area (Å²) >= 11 is 0. The van der Waals surface area contributed by atoms with Crippen molar-refractivity contribution < 1.29 is 18.3 Å². The highest BCUT2D eigenvalue weighted by molar-refractivity contribution is 7.00. The number of anilines is 6. The molecular formula is C61H45BN2O4. The van der Waals surface area contributed by atoms with Crippen LogP contribution in [0.1, 0.15) is 31.9 Å². The summed E-state index contributed by atoms with van der Waals surface area (Å²) in [7, 11) is 0. The third-order valence-corrected chi connectivity index (χ3v) is 14.4. The zero-order valence-electron chi connectivity index (χ0n) is 38.3. The molecule has 0 unspecified atom stereocenters. The van der Waals surface area contributed by atoms with E-state index in [4.69, 9.17) is 18.3 Å². The van der Waals surface area contributed by atoms with Gasteiger partial charge in [0.2, 0.25) is 0 Å². The molecule has 0 amide bonds. The molecule has 3 aliphatic rings. The first kappa shape index (κ1) is 39.1. The third kappa shape index (κ3) is 5.84. The van der Waals surface area contributed by atoms with E-state index >= 15 is 0 Å². The number of para-hydroxylation sites is 2. The van der Waals surface area contributed by atoms with E-state index in [1.807, 2.05) is 24.3 Å². The van der Waals surface area contributed by atoms with Gasteiger partial charge in [-0.3, -0.25) is 0 Å². The zero-order chi connectivity index (χ0) is 45.4. The fourth-order valence-electron chi connectivity index (χ4n) is 11.2. The molecule has 0 bridgehead atoms. The van der Waals surface area contributed by atoms with Crippen molar-refractivity contribution in [1.29, 1.82) is 0 Å². The minimum Gasteiger partial charge on any atom is -0.486 e. The smallest absolute Gasteiger partial charge is 0.252 e. The summed E-state index contributed by atoms with van der Waals surface area (Å²) in [5.74, 6) is 1.56. The van der Waals surface area contributed by atoms with Crippen LogP contribution in [-0.4, -0.2) is 19.9 Å². The fraction of sp³-hybridized carbons (Fsp3) is 0.115. The predicted molar refractivity (Wildman–Crippen MR) is 280 cm³/mol. The number of ether oxygens (including phenoxy) is 2. The Morgan fingerprint density at radius 3 is 1.68 bits per heavy atom. The molecule has 6 nitrogen and oxygen atoms in total. The zero-order valence-corrected chi connectivity index (χ0v) is 38.3. The van der Waals surface area contributed by atoms with Crippen LogP contribution in [0.4, 0.5) is 34.1 Å². The van der Waals surface area contributed by atoms with Crippen molar-refractivity contribution in [3.8, 4) is 33.8 Å². The van der Waals surface area contributed by atoms with Gasteiger partial charge in [0.05, 0.1) is 5.69 Å². The monoisotopic (exact) mass is 880 g/mol. The molecule has 0 spiro atoms. The Bertz CT molecular complexity index is 3880. The molecule has 7 heteroatoms. The quantitative estimate of drug-likeness (QED) is 0.164. The highest BCUT2D eigenvalue weighted by atomic mass is 16.6. The second-order valence-corrected chi connectivity index (χ2v) is 19.6. The minimum absolute atomic E-state index is 0.00856. The standard InChI is InChI=1S/C61H45BN2O4/c1-36-31-51-58-52(32-36)64(43-22-18-41(19-23-43)61(2,3)4)59-48(26-28-55-60(59)66-30-29-65-55)62(58)49-33-38(40-16-25-47-45-10-6-8-12-54(45)68-57(47)35-40)17-27-50(49)63(51)42-20-13-37(14-21-42)39-15-24-46-44-9-5-7-11-53(44)67-56(46)34-39/h5-28,31-35H,29-30H2,1-4H3. The molecule has 326 valence electrons. The van der Waals surface area contributed by atoms with Crippen LogP contribution in [0, 0.1) is 6.92 Å². The van der Waals surface area contributed by atoms with Crippen molar-refractivity contribution in [2.45, 2.75) is 33.1 Å². The van der Waals surface area contributed by atoms with Gasteiger partial charge in [0, 0.05) is 50.0 Å². The number of fused-ring (bicyclic) bond motifs is 12. The molecule has 14 rings (SSSR count). The molecular weight excluding hydrogens is 835 g/mol. The Balaban J connectivity index is 0.982. The first-order valence-corrected chi connectivity index (χ1v) is 23.6. The maximum atomic E-state index is 6.67. The Morgan fingerprint density at radius 2 is 1.00 bits per heavy atom. The minimum atomic E-state index is -0.118. The highest BCUT2D eigenvalue weighted by Crippen LogP contribution is 2.50. The van der Waals surface area contributed by atoms with Crippen LogP contribution >= 0.6 is 0 Å². The third-order valence-electron chi connectivity index (χ3n) is 14.4. The van der Waals surface area contributed by atoms with Crippen LogP contribution in [0.3, 0.4) is 0 Å². The second kappa shape index (κ2) is 14.4. The van der Waals surface area contributed by atoms with E-state index in [0.29, 0.717) is 13.2 Å². The molecule has 0 atom stereocenters. The second-order valence-electron chi connectivity index (χ2n) is 19.6. The van der Waals surface area contributed by atoms with Crippen molar-refractivity contribution >= 4 is 101 Å². The van der Waals surface area contributed by atoms with Gasteiger partial charge in [-0.25, -0.2) is 0 Å². The Morgan fingerprint density at radius 1 is 0.456 bits per heavy atom. The molecule has 0 N–H and O–H groups in total. The summed E-state index contributed by atoms with van der Waals surface area (Å²) < 4.78 is 25.8. The molecule has 2 aromatic heterocycles. The van der Waals surface area contributed by atoms with Crippen LogP contribution in [-0.2, 0) is 5.41 Å². The first-order valence-electron chi connectivity index (χ1n) is 23.6. The van der Waals surface area contributed by atoms with E-state index < -0.39 is 0 Å². The molecule has 9 aromatic carbocycles. The van der Waals surface area contributed by atoms with Crippen LogP contribution in [0.5, 0.6) is 11.5 Å². The molecule has 11 aromatic rings. The molecule has 68 heavy (non-hydrogen) atoms. The average Bonchev–Trinajstić information content (AvgIpc) is 3.93. The number of rotatable bonds is 4. The Kier molecular flexibility index (Phi) is 8.28. The largest absolute Gasteiger partial charge is 0.486 e. The Labute approximate surface area is 394 Å². The maximum absolute atomic E-state index is 6.67. The molecule has 0 saturated carbocycles. The molecule has 0 fully saturated rings. The van der Waals surface area contributed by atoms with Gasteiger partial charge in [-0.15, -0.1) is 0 Å². The number of hydrogen-bond donors (Lipinski definition) is 0. The van der Waals surface area contributed by atoms with Gasteiger partial charge in [0.25, 0.3) is 6.71 Å². The van der Waals surface area contributed by atoms with Crippen molar-refractivity contribution in [2.24, 2.45) is 0 Å². The SMILES string of the molecule is Cc1cc2c3c(c1)N(c1ccc(C(C)(C)C)cc1)c1c(ccc4c1OCCO4)B3c1cc(-c3ccc4c(c3)oc3ccccc34)ccc1N2c1ccc(-c2ccc3c(c2)oc2ccccc23)cc1. The van der Waals surface area contributed by atoms with Crippen molar-refractivity contribution in [3.63, 3.8) is 0 Å². The van der Waals surface area contributed by atoms with Crippen LogP contribution in [0.15, 0.2) is 185 Å². The van der Waals surface area contributed by atoms with E-state index in [0.717, 1.165) is 112 Å². The molecule has 5 heterocycles. The summed E-state index contributed by atoms with van der Waals surface area (Å²) in [6.45, 7) is 9.89. The summed E-state index contributed by atoms with van der Waals surface area (Å²) in [4.78, 5) is 4.90. The number of nitrogens with zero attached hydrogens (tertiary/aromatic N) is 2. The number of benzene rings is 9. The molecule has 0 saturated heterocycles. The maximum Gasteiger partial charge on any atom is 0.252 e. The summed E-state index contributed by atoms with van der Waals surface area (Å²) in [6.07, 6.45) is 0. The fourth-order valence-corrected chi connectivity index (χ4v) is 11.2. The summed E-state index contributed by atoms with van der Waals surface area (Å²) in [6, 6.07) is 63.9. The lowest BCUT2D eigenvalue weighted by atomic mass is 9.33. The lowest BCUT2D eigenvalue weighted by Crippen LogP contribution is -2.61. The normalized spacial score (nSPS) is 13.9. The van der Waals surface area contributed by atoms with E-state index in [1.54, 1.807) is 0 Å². The Hall–Kier alpha value is -8.16. The number of furan rings is 2. The topological polar surface area (TPSA) is 51.2 Å². The summed E-state index contributed by atoms with van der Waals surface area (Å²) in [5, 5.41) is 4.51. The van der Waals surface area contributed by atoms with Gasteiger partial charge in [0.15, 0.2) is 11.5 Å². The van der Waals surface area contributed by atoms with Crippen LogP contribution in [0.25, 0.3) is 66.1 Å². The van der Waals surface area contributed by atoms with E-state index in [9.17, 15) is 0 Å². The van der Waals surface area contributed by atoms with Crippen molar-refractivity contribution in [3.05, 3.63) is 187 Å². The summed E-state index contributed by atoms with van der Waals surface area (Å²) in [5.41, 5.74) is 20.7. The van der Waals surface area contributed by atoms with Crippen LogP contribution < -0.4 is 35.7 Å².